The van der Waals surface area contributed by atoms with Gasteiger partial charge in [-0.3, -0.25) is 4.40 Å². The average Bonchev–Trinajstić information content (AvgIpc) is 2.56. The topological polar surface area (TPSA) is 54.6 Å². The van der Waals surface area contributed by atoms with Gasteiger partial charge in [0.25, 0.3) is 0 Å². The lowest BCUT2D eigenvalue weighted by Gasteiger charge is -2.01. The minimum atomic E-state index is -1.04. The summed E-state index contributed by atoms with van der Waals surface area (Å²) < 4.78 is 2.27. The first-order valence-electron chi connectivity index (χ1n) is 3.66. The number of aromatic nitrogens is 2. The number of hydrogen-bond donors (Lipinski definition) is 1. The van der Waals surface area contributed by atoms with E-state index in [1.165, 1.54) is 10.6 Å². The van der Waals surface area contributed by atoms with E-state index in [0.29, 0.717) is 10.8 Å². The lowest BCUT2D eigenvalue weighted by Crippen LogP contribution is -2.02. The summed E-state index contributed by atoms with van der Waals surface area (Å²) in [4.78, 5) is 14.8. The number of fused-ring (bicyclic) bond motifs is 1. The van der Waals surface area contributed by atoms with Crippen molar-refractivity contribution in [3.63, 3.8) is 0 Å². The van der Waals surface area contributed by atoms with Gasteiger partial charge in [-0.15, -0.1) is 0 Å². The summed E-state index contributed by atoms with van der Waals surface area (Å²) in [5.41, 5.74) is 0.638. The van der Waals surface area contributed by atoms with Gasteiger partial charge in [0.15, 0.2) is 11.3 Å². The number of carboxylic acid groups (broad SMARTS) is 1. The van der Waals surface area contributed by atoms with Crippen LogP contribution in [-0.2, 0) is 0 Å². The van der Waals surface area contributed by atoms with Crippen LogP contribution in [0.5, 0.6) is 0 Å². The fourth-order valence-electron chi connectivity index (χ4n) is 1.18. The lowest BCUT2D eigenvalue weighted by atomic mass is 10.4. The molecule has 0 saturated heterocycles. The molecule has 0 fully saturated rings. The van der Waals surface area contributed by atoms with E-state index in [9.17, 15) is 4.79 Å². The van der Waals surface area contributed by atoms with Crippen molar-refractivity contribution in [3.8, 4) is 0 Å². The van der Waals surface area contributed by atoms with Crippen LogP contribution < -0.4 is 0 Å². The predicted molar refractivity (Wildman–Crippen MR) is 59.9 cm³/mol. The van der Waals surface area contributed by atoms with Gasteiger partial charge in [0.05, 0.1) is 9.77 Å². The van der Waals surface area contributed by atoms with Gasteiger partial charge in [0, 0.05) is 0 Å². The molecule has 0 atom stereocenters. The van der Waals surface area contributed by atoms with Crippen LogP contribution in [0.2, 0.25) is 5.15 Å². The largest absolute Gasteiger partial charge is 0.477 e. The number of carbonyl (C=O) groups is 1. The summed E-state index contributed by atoms with van der Waals surface area (Å²) in [5.74, 6) is -1.04. The van der Waals surface area contributed by atoms with Crippen LogP contribution in [0.25, 0.3) is 5.65 Å². The quantitative estimate of drug-likeness (QED) is 0.647. The van der Waals surface area contributed by atoms with E-state index in [1.807, 2.05) is 0 Å². The monoisotopic (exact) mass is 322 g/mol. The molecule has 0 aliphatic heterocycles. The average molecular weight is 322 g/mol. The van der Waals surface area contributed by atoms with Crippen molar-refractivity contribution < 1.29 is 9.90 Å². The summed E-state index contributed by atoms with van der Waals surface area (Å²) in [6, 6.07) is 3.43. The molecule has 0 radical (unpaired) electrons. The first kappa shape index (κ1) is 9.72. The second-order valence-electron chi connectivity index (χ2n) is 2.61. The molecule has 2 rings (SSSR count). The van der Waals surface area contributed by atoms with Crippen LogP contribution in [0.1, 0.15) is 10.5 Å². The maximum atomic E-state index is 10.8. The van der Waals surface area contributed by atoms with E-state index in [2.05, 4.69) is 27.6 Å². The third kappa shape index (κ3) is 1.36. The van der Waals surface area contributed by atoms with Crippen molar-refractivity contribution in [1.82, 2.24) is 9.38 Å². The Morgan fingerprint density at radius 1 is 1.57 bits per heavy atom. The molecule has 14 heavy (non-hydrogen) atoms. The van der Waals surface area contributed by atoms with Gasteiger partial charge in [-0.05, 0) is 34.7 Å². The zero-order chi connectivity index (χ0) is 10.3. The van der Waals surface area contributed by atoms with Gasteiger partial charge < -0.3 is 5.11 Å². The smallest absolute Gasteiger partial charge is 0.354 e. The Labute approximate surface area is 97.7 Å². The summed E-state index contributed by atoms with van der Waals surface area (Å²) in [5, 5.41) is 9.21. The van der Waals surface area contributed by atoms with Crippen molar-refractivity contribution in [1.29, 1.82) is 0 Å². The number of imidazole rings is 1. The third-order valence-corrected chi connectivity index (χ3v) is 2.91. The zero-order valence-electron chi connectivity index (χ0n) is 6.74. The molecule has 1 N–H and O–H groups in total. The van der Waals surface area contributed by atoms with E-state index in [1.54, 1.807) is 12.1 Å². The second kappa shape index (κ2) is 3.39. The van der Waals surface area contributed by atoms with Crippen LogP contribution in [0, 0.1) is 3.57 Å². The van der Waals surface area contributed by atoms with Crippen molar-refractivity contribution in [2.75, 3.05) is 0 Å². The summed E-state index contributed by atoms with van der Waals surface area (Å²) >= 11 is 7.95. The van der Waals surface area contributed by atoms with E-state index >= 15 is 0 Å². The molecule has 0 unspecified atom stereocenters. The van der Waals surface area contributed by atoms with Gasteiger partial charge >= 0.3 is 5.97 Å². The normalized spacial score (nSPS) is 10.7. The molecule has 0 amide bonds. The molecule has 4 nitrogen and oxygen atoms in total. The lowest BCUT2D eigenvalue weighted by molar-refractivity contribution is 0.0689. The van der Waals surface area contributed by atoms with E-state index in [0.717, 1.165) is 3.57 Å². The Bertz CT molecular complexity index is 523. The fourth-order valence-corrected chi connectivity index (χ4v) is 1.97. The number of pyridine rings is 1. The predicted octanol–water partition coefficient (Wildman–Crippen LogP) is 2.29. The van der Waals surface area contributed by atoms with E-state index in [-0.39, 0.29) is 5.69 Å². The highest BCUT2D eigenvalue weighted by molar-refractivity contribution is 14.1. The van der Waals surface area contributed by atoms with Crippen molar-refractivity contribution in [2.24, 2.45) is 0 Å². The maximum Gasteiger partial charge on any atom is 0.354 e. The van der Waals surface area contributed by atoms with Crippen molar-refractivity contribution >= 4 is 45.8 Å². The Hall–Kier alpha value is -0.820. The third-order valence-electron chi connectivity index (χ3n) is 1.78. The minimum absolute atomic E-state index is 0.0727. The SMILES string of the molecule is O=C(O)c1cnc2c(I)ccc(Cl)n12. The summed E-state index contributed by atoms with van der Waals surface area (Å²) in [6.45, 7) is 0. The standard InChI is InChI=1S/C8H4ClIN2O2/c9-6-2-1-4(10)7-11-3-5(8(13)14)12(6)7/h1-3H,(H,13,14). The molecule has 6 heteroatoms. The molecular weight excluding hydrogens is 318 g/mol. The highest BCUT2D eigenvalue weighted by Gasteiger charge is 2.14. The summed E-state index contributed by atoms with van der Waals surface area (Å²) in [7, 11) is 0. The van der Waals surface area contributed by atoms with Crippen LogP contribution in [0.15, 0.2) is 18.3 Å². The Kier molecular flexibility index (Phi) is 2.36. The number of rotatable bonds is 1. The highest BCUT2D eigenvalue weighted by atomic mass is 127. The highest BCUT2D eigenvalue weighted by Crippen LogP contribution is 2.20. The van der Waals surface area contributed by atoms with Gasteiger partial charge in [0.2, 0.25) is 0 Å². The van der Waals surface area contributed by atoms with Crippen molar-refractivity contribution in [2.45, 2.75) is 0 Å². The van der Waals surface area contributed by atoms with Gasteiger partial charge in [-0.25, -0.2) is 9.78 Å². The van der Waals surface area contributed by atoms with E-state index < -0.39 is 5.97 Å². The number of aromatic carboxylic acids is 1. The Balaban J connectivity index is 2.90. The van der Waals surface area contributed by atoms with Crippen LogP contribution in [-0.4, -0.2) is 20.5 Å². The second-order valence-corrected chi connectivity index (χ2v) is 4.16. The van der Waals surface area contributed by atoms with Crippen LogP contribution >= 0.6 is 34.2 Å². The molecule has 0 aliphatic carbocycles. The molecule has 0 aliphatic rings. The maximum absolute atomic E-state index is 10.8. The number of hydrogen-bond acceptors (Lipinski definition) is 2. The molecule has 0 bridgehead atoms. The molecule has 72 valence electrons. The number of halogens is 2. The first-order valence-corrected chi connectivity index (χ1v) is 5.11. The van der Waals surface area contributed by atoms with Crippen LogP contribution in [0.3, 0.4) is 0 Å². The molecule has 2 aromatic rings. The first-order chi connectivity index (χ1) is 6.61. The van der Waals surface area contributed by atoms with E-state index in [4.69, 9.17) is 16.7 Å². The van der Waals surface area contributed by atoms with Crippen LogP contribution in [0.4, 0.5) is 0 Å². The Morgan fingerprint density at radius 2 is 2.29 bits per heavy atom. The molecule has 0 aromatic carbocycles. The molecule has 0 saturated carbocycles. The number of carboxylic acids is 1. The fraction of sp³-hybridized carbons (Fsp3) is 0. The minimum Gasteiger partial charge on any atom is -0.477 e. The van der Waals surface area contributed by atoms with Gasteiger partial charge in [-0.1, -0.05) is 11.6 Å². The van der Waals surface area contributed by atoms with Gasteiger partial charge in [0.1, 0.15) is 5.15 Å². The zero-order valence-corrected chi connectivity index (χ0v) is 9.65. The number of nitrogens with zero attached hydrogens (tertiary/aromatic N) is 2. The summed E-state index contributed by atoms with van der Waals surface area (Å²) in [6.07, 6.45) is 1.30. The molecule has 2 heterocycles. The van der Waals surface area contributed by atoms with Crippen molar-refractivity contribution in [3.05, 3.63) is 32.7 Å². The molecular formula is C8H4ClIN2O2. The Morgan fingerprint density at radius 3 is 2.93 bits per heavy atom. The molecule has 2 aromatic heterocycles. The van der Waals surface area contributed by atoms with Gasteiger partial charge in [-0.2, -0.15) is 0 Å². The molecule has 0 spiro atoms.